The average molecular weight is 719 g/mol. The molecule has 12 rings (SSSR count). The highest BCUT2D eigenvalue weighted by Gasteiger charge is 2.20. The third-order valence-electron chi connectivity index (χ3n) is 11.5. The van der Waals surface area contributed by atoms with E-state index >= 15 is 0 Å². The van der Waals surface area contributed by atoms with Crippen molar-refractivity contribution in [3.63, 3.8) is 0 Å². The summed E-state index contributed by atoms with van der Waals surface area (Å²) in [6, 6.07) is 67.6. The second kappa shape index (κ2) is 11.6. The summed E-state index contributed by atoms with van der Waals surface area (Å²) in [7, 11) is 0. The molecular formula is C52H30S2. The van der Waals surface area contributed by atoms with Gasteiger partial charge < -0.3 is 0 Å². The fourth-order valence-corrected chi connectivity index (χ4v) is 11.6. The molecule has 0 saturated heterocycles. The van der Waals surface area contributed by atoms with Gasteiger partial charge in [-0.25, -0.2) is 0 Å². The van der Waals surface area contributed by atoms with E-state index in [0.29, 0.717) is 0 Å². The van der Waals surface area contributed by atoms with Crippen molar-refractivity contribution in [1.29, 1.82) is 0 Å². The maximum atomic E-state index is 2.43. The first-order valence-corrected chi connectivity index (χ1v) is 20.1. The number of fused-ring (bicyclic) bond motifs is 12. The van der Waals surface area contributed by atoms with Crippen LogP contribution in [-0.4, -0.2) is 0 Å². The van der Waals surface area contributed by atoms with Gasteiger partial charge in [-0.05, 0) is 94.7 Å². The Morgan fingerprint density at radius 1 is 0.278 bits per heavy atom. The maximum Gasteiger partial charge on any atom is 0.0534 e. The van der Waals surface area contributed by atoms with Crippen molar-refractivity contribution >= 4 is 106 Å². The molecular weight excluding hydrogens is 689 g/mol. The van der Waals surface area contributed by atoms with Crippen molar-refractivity contribution in [2.75, 3.05) is 0 Å². The Bertz CT molecular complexity index is 3430. The van der Waals surface area contributed by atoms with E-state index in [4.69, 9.17) is 0 Å². The minimum atomic E-state index is 1.24. The van der Waals surface area contributed by atoms with Crippen LogP contribution < -0.4 is 0 Å². The zero-order valence-corrected chi connectivity index (χ0v) is 30.8. The summed E-state index contributed by atoms with van der Waals surface area (Å²) in [4.78, 5) is 0. The van der Waals surface area contributed by atoms with Crippen LogP contribution in [0.25, 0.3) is 117 Å². The average Bonchev–Trinajstić information content (AvgIpc) is 3.81. The molecule has 0 fully saturated rings. The lowest BCUT2D eigenvalue weighted by Crippen LogP contribution is -1.92. The Hall–Kier alpha value is -6.32. The molecule has 54 heavy (non-hydrogen) atoms. The summed E-state index contributed by atoms with van der Waals surface area (Å²) < 4.78 is 5.48. The highest BCUT2D eigenvalue weighted by atomic mass is 32.1. The van der Waals surface area contributed by atoms with Crippen molar-refractivity contribution in [2.45, 2.75) is 0 Å². The lowest BCUT2D eigenvalue weighted by Gasteiger charge is -2.19. The van der Waals surface area contributed by atoms with Gasteiger partial charge in [0.2, 0.25) is 0 Å². The van der Waals surface area contributed by atoms with Crippen molar-refractivity contribution in [3.8, 4) is 33.4 Å². The van der Waals surface area contributed by atoms with Gasteiger partial charge in [0, 0.05) is 30.9 Å². The maximum absolute atomic E-state index is 2.43. The summed E-state index contributed by atoms with van der Waals surface area (Å²) in [5.74, 6) is 0. The highest BCUT2D eigenvalue weighted by molar-refractivity contribution is 7.33. The van der Waals surface area contributed by atoms with Gasteiger partial charge in [-0.15, -0.1) is 22.7 Å². The summed E-state index contributed by atoms with van der Waals surface area (Å²) in [6.07, 6.45) is 0. The van der Waals surface area contributed by atoms with Crippen LogP contribution in [0.4, 0.5) is 0 Å². The lowest BCUT2D eigenvalue weighted by atomic mass is 9.84. The molecule has 2 heteroatoms. The Morgan fingerprint density at radius 2 is 0.815 bits per heavy atom. The van der Waals surface area contributed by atoms with E-state index in [1.807, 2.05) is 22.7 Å². The second-order valence-electron chi connectivity index (χ2n) is 14.3. The van der Waals surface area contributed by atoms with Crippen LogP contribution in [0.15, 0.2) is 182 Å². The van der Waals surface area contributed by atoms with Crippen LogP contribution >= 0.6 is 22.7 Å². The second-order valence-corrected chi connectivity index (χ2v) is 16.4. The quantitative estimate of drug-likeness (QED) is 0.160. The molecule has 12 aromatic rings. The monoisotopic (exact) mass is 718 g/mol. The van der Waals surface area contributed by atoms with Crippen LogP contribution in [-0.2, 0) is 0 Å². The highest BCUT2D eigenvalue weighted by Crippen LogP contribution is 2.49. The number of rotatable bonds is 3. The predicted molar refractivity (Wildman–Crippen MR) is 239 cm³/mol. The van der Waals surface area contributed by atoms with Gasteiger partial charge in [0.15, 0.2) is 0 Å². The molecule has 0 aliphatic carbocycles. The molecule has 0 unspecified atom stereocenters. The van der Waals surface area contributed by atoms with Gasteiger partial charge in [-0.1, -0.05) is 164 Å². The van der Waals surface area contributed by atoms with Gasteiger partial charge in [-0.3, -0.25) is 0 Å². The summed E-state index contributed by atoms with van der Waals surface area (Å²) >= 11 is 3.87. The van der Waals surface area contributed by atoms with Crippen molar-refractivity contribution in [3.05, 3.63) is 182 Å². The van der Waals surface area contributed by atoms with Gasteiger partial charge in [0.1, 0.15) is 0 Å². The fourth-order valence-electron chi connectivity index (χ4n) is 9.11. The van der Waals surface area contributed by atoms with Crippen LogP contribution in [0.2, 0.25) is 0 Å². The molecule has 0 bridgehead atoms. The molecule has 0 aliphatic rings. The minimum absolute atomic E-state index is 1.24. The molecule has 2 heterocycles. The van der Waals surface area contributed by atoms with Crippen molar-refractivity contribution in [1.82, 2.24) is 0 Å². The topological polar surface area (TPSA) is 0 Å². The van der Waals surface area contributed by atoms with E-state index in [1.54, 1.807) is 0 Å². The van der Waals surface area contributed by atoms with Crippen LogP contribution in [0.3, 0.4) is 0 Å². The molecule has 0 radical (unpaired) electrons. The van der Waals surface area contributed by atoms with E-state index in [9.17, 15) is 0 Å². The van der Waals surface area contributed by atoms with E-state index < -0.39 is 0 Å². The molecule has 0 saturated carbocycles. The fraction of sp³-hybridized carbons (Fsp3) is 0. The molecule has 10 aromatic carbocycles. The third kappa shape index (κ3) is 4.30. The zero-order chi connectivity index (χ0) is 35.3. The van der Waals surface area contributed by atoms with Crippen molar-refractivity contribution in [2.24, 2.45) is 0 Å². The normalized spacial score (nSPS) is 12.1. The Balaban J connectivity index is 1.07. The van der Waals surface area contributed by atoms with E-state index in [1.165, 1.54) is 117 Å². The Labute approximate surface area is 319 Å². The first-order valence-electron chi connectivity index (χ1n) is 18.5. The van der Waals surface area contributed by atoms with E-state index in [2.05, 4.69) is 182 Å². The zero-order valence-electron chi connectivity index (χ0n) is 29.1. The van der Waals surface area contributed by atoms with Gasteiger partial charge in [0.05, 0.1) is 9.40 Å². The predicted octanol–water partition coefficient (Wildman–Crippen LogP) is 16.0. The standard InChI is InChI=1S/C52H30S2/c1-2-13-32(14-3-1)48-38-18-8-10-20-40(38)49(41-21-11-9-19-39(41)48)42-25-24-34(36-16-6-7-17-37(36)42)33-23-28-46-45(30-33)43-26-27-44-50-35-15-5-4-12-31(35)22-29-47(50)54-52(44)51(43)53-46/h1-30H. The van der Waals surface area contributed by atoms with Crippen molar-refractivity contribution < 1.29 is 0 Å². The summed E-state index contributed by atoms with van der Waals surface area (Å²) in [6.45, 7) is 0. The first-order chi connectivity index (χ1) is 26.8. The molecule has 0 nitrogen and oxygen atoms in total. The summed E-state index contributed by atoms with van der Waals surface area (Å²) in [5, 5.41) is 15.7. The molecule has 250 valence electrons. The summed E-state index contributed by atoms with van der Waals surface area (Å²) in [5.41, 5.74) is 7.62. The minimum Gasteiger partial charge on any atom is -0.134 e. The first kappa shape index (κ1) is 30.2. The molecule has 0 atom stereocenters. The molecule has 0 spiro atoms. The van der Waals surface area contributed by atoms with Gasteiger partial charge in [0.25, 0.3) is 0 Å². The number of thiophene rings is 2. The van der Waals surface area contributed by atoms with E-state index in [0.717, 1.165) is 0 Å². The Kier molecular flexibility index (Phi) is 6.48. The van der Waals surface area contributed by atoms with E-state index in [-0.39, 0.29) is 0 Å². The SMILES string of the molecule is c1ccc(-c2c3ccccc3c(-c3ccc(-c4ccc5sc6c(ccc7c6sc6ccc8ccccc8c67)c5c4)c4ccccc34)c3ccccc23)cc1. The Morgan fingerprint density at radius 3 is 1.56 bits per heavy atom. The van der Waals surface area contributed by atoms with Crippen LogP contribution in [0.1, 0.15) is 0 Å². The largest absolute Gasteiger partial charge is 0.134 e. The third-order valence-corrected chi connectivity index (χ3v) is 14.0. The number of hydrogen-bond donors (Lipinski definition) is 0. The molecule has 0 amide bonds. The molecule has 2 aromatic heterocycles. The van der Waals surface area contributed by atoms with Crippen LogP contribution in [0, 0.1) is 0 Å². The van der Waals surface area contributed by atoms with Gasteiger partial charge in [-0.2, -0.15) is 0 Å². The molecule has 0 N–H and O–H groups in total. The van der Waals surface area contributed by atoms with Crippen LogP contribution in [0.5, 0.6) is 0 Å². The number of hydrogen-bond acceptors (Lipinski definition) is 2. The smallest absolute Gasteiger partial charge is 0.0534 e. The van der Waals surface area contributed by atoms with Gasteiger partial charge >= 0.3 is 0 Å². The molecule has 0 aliphatic heterocycles. The lowest BCUT2D eigenvalue weighted by molar-refractivity contribution is 1.66. The number of benzene rings is 10.